The molecule has 0 atom stereocenters. The third-order valence-electron chi connectivity index (χ3n) is 2.82. The molecule has 0 aliphatic heterocycles. The Balaban J connectivity index is 1.86. The highest BCUT2D eigenvalue weighted by Crippen LogP contribution is 2.28. The second-order valence-electron chi connectivity index (χ2n) is 4.43. The number of hydrogen-bond donors (Lipinski definition) is 3. The maximum absolute atomic E-state index is 12.0. The van der Waals surface area contributed by atoms with Crippen molar-refractivity contribution in [3.63, 3.8) is 0 Å². The predicted molar refractivity (Wildman–Crippen MR) is 70.8 cm³/mol. The normalized spacial score (nSPS) is 15.4. The first-order valence-corrected chi connectivity index (χ1v) is 7.60. The number of ether oxygens (including phenoxy) is 1. The van der Waals surface area contributed by atoms with Crippen LogP contribution in [0.25, 0.3) is 0 Å². The van der Waals surface area contributed by atoms with Crippen molar-refractivity contribution >= 4 is 15.7 Å². The Labute approximate surface area is 112 Å². The fraction of sp³-hybridized carbons (Fsp3) is 0.545. The predicted octanol–water partition coefficient (Wildman–Crippen LogP) is 0.0721. The van der Waals surface area contributed by atoms with Crippen molar-refractivity contribution in [2.24, 2.45) is 11.8 Å². The standard InChI is InChI=1S/C11H18N4O3S/c12-15-10-3-4-13-7-11(10)19(16,17)14-5-6-18-8-9-1-2-9/h3-4,7,9,14H,1-2,5-6,8,12H2,(H,13,15). The van der Waals surface area contributed by atoms with Gasteiger partial charge < -0.3 is 10.2 Å². The zero-order valence-electron chi connectivity index (χ0n) is 10.5. The number of nitrogens with zero attached hydrogens (tertiary/aromatic N) is 1. The van der Waals surface area contributed by atoms with E-state index in [0.29, 0.717) is 24.8 Å². The van der Waals surface area contributed by atoms with E-state index in [0.717, 1.165) is 0 Å². The number of rotatable bonds is 8. The Kier molecular flexibility index (Phi) is 4.70. The first-order valence-electron chi connectivity index (χ1n) is 6.11. The van der Waals surface area contributed by atoms with Gasteiger partial charge in [-0.05, 0) is 24.8 Å². The van der Waals surface area contributed by atoms with E-state index in [9.17, 15) is 8.42 Å². The Morgan fingerprint density at radius 1 is 1.47 bits per heavy atom. The van der Waals surface area contributed by atoms with E-state index in [2.05, 4.69) is 15.1 Å². The molecule has 8 heteroatoms. The zero-order chi connectivity index (χ0) is 13.7. The summed E-state index contributed by atoms with van der Waals surface area (Å²) in [6.45, 7) is 1.31. The van der Waals surface area contributed by atoms with Crippen LogP contribution in [0.5, 0.6) is 0 Å². The molecule has 0 spiro atoms. The van der Waals surface area contributed by atoms with E-state index in [1.54, 1.807) is 0 Å². The lowest BCUT2D eigenvalue weighted by molar-refractivity contribution is 0.129. The van der Waals surface area contributed by atoms with Gasteiger partial charge in [0.25, 0.3) is 0 Å². The van der Waals surface area contributed by atoms with E-state index < -0.39 is 10.0 Å². The van der Waals surface area contributed by atoms with Crippen LogP contribution in [-0.2, 0) is 14.8 Å². The molecule has 1 heterocycles. The van der Waals surface area contributed by atoms with E-state index in [4.69, 9.17) is 10.6 Å². The molecule has 106 valence electrons. The van der Waals surface area contributed by atoms with Crippen molar-refractivity contribution in [2.75, 3.05) is 25.2 Å². The molecule has 0 radical (unpaired) electrons. The van der Waals surface area contributed by atoms with Crippen molar-refractivity contribution in [1.82, 2.24) is 9.71 Å². The van der Waals surface area contributed by atoms with Crippen LogP contribution in [0, 0.1) is 5.92 Å². The molecule has 2 rings (SSSR count). The third kappa shape index (κ3) is 4.13. The smallest absolute Gasteiger partial charge is 0.244 e. The number of hydrogen-bond acceptors (Lipinski definition) is 6. The minimum atomic E-state index is -3.62. The van der Waals surface area contributed by atoms with Gasteiger partial charge >= 0.3 is 0 Å². The second-order valence-corrected chi connectivity index (χ2v) is 6.17. The number of hydrazine groups is 1. The van der Waals surface area contributed by atoms with Crippen LogP contribution in [-0.4, -0.2) is 33.2 Å². The van der Waals surface area contributed by atoms with Gasteiger partial charge in [0.2, 0.25) is 10.0 Å². The van der Waals surface area contributed by atoms with E-state index in [1.165, 1.54) is 31.3 Å². The van der Waals surface area contributed by atoms with Gasteiger partial charge in [0.1, 0.15) is 4.90 Å². The van der Waals surface area contributed by atoms with Gasteiger partial charge in [-0.15, -0.1) is 0 Å². The zero-order valence-corrected chi connectivity index (χ0v) is 11.3. The van der Waals surface area contributed by atoms with E-state index in [-0.39, 0.29) is 11.4 Å². The molecule has 0 saturated heterocycles. The van der Waals surface area contributed by atoms with Crippen LogP contribution in [0.15, 0.2) is 23.4 Å². The number of nitrogen functional groups attached to an aromatic ring is 1. The van der Waals surface area contributed by atoms with Gasteiger partial charge in [-0.1, -0.05) is 0 Å². The van der Waals surface area contributed by atoms with Crippen LogP contribution in [0.2, 0.25) is 0 Å². The van der Waals surface area contributed by atoms with Gasteiger partial charge in [0.05, 0.1) is 12.3 Å². The van der Waals surface area contributed by atoms with Crippen LogP contribution < -0.4 is 16.0 Å². The molecule has 7 nitrogen and oxygen atoms in total. The van der Waals surface area contributed by atoms with E-state index >= 15 is 0 Å². The molecule has 4 N–H and O–H groups in total. The lowest BCUT2D eigenvalue weighted by atomic mass is 10.4. The van der Waals surface area contributed by atoms with Crippen LogP contribution >= 0.6 is 0 Å². The quantitative estimate of drug-likeness (QED) is 0.355. The first-order chi connectivity index (χ1) is 9.13. The maximum Gasteiger partial charge on any atom is 0.244 e. The molecule has 1 aromatic heterocycles. The van der Waals surface area contributed by atoms with Crippen molar-refractivity contribution < 1.29 is 13.2 Å². The molecule has 1 aliphatic rings. The summed E-state index contributed by atoms with van der Waals surface area (Å²) >= 11 is 0. The number of sulfonamides is 1. The minimum Gasteiger partial charge on any atom is -0.380 e. The molecule has 1 fully saturated rings. The highest BCUT2D eigenvalue weighted by atomic mass is 32.2. The molecule has 0 unspecified atom stereocenters. The summed E-state index contributed by atoms with van der Waals surface area (Å²) < 4.78 is 31.9. The molecule has 1 aromatic rings. The Morgan fingerprint density at radius 3 is 2.95 bits per heavy atom. The number of anilines is 1. The minimum absolute atomic E-state index is 0.0275. The summed E-state index contributed by atoms with van der Waals surface area (Å²) in [5.74, 6) is 5.94. The van der Waals surface area contributed by atoms with Crippen molar-refractivity contribution in [3.05, 3.63) is 18.5 Å². The number of nitrogens with one attached hydrogen (secondary N) is 2. The van der Waals surface area contributed by atoms with E-state index in [1.807, 2.05) is 0 Å². The van der Waals surface area contributed by atoms with Gasteiger partial charge in [-0.25, -0.2) is 13.1 Å². The summed E-state index contributed by atoms with van der Waals surface area (Å²) in [5.41, 5.74) is 2.64. The molecule has 1 saturated carbocycles. The Bertz CT molecular complexity index is 516. The maximum atomic E-state index is 12.0. The average Bonchev–Trinajstić information content (AvgIpc) is 3.22. The van der Waals surface area contributed by atoms with Gasteiger partial charge in [-0.3, -0.25) is 10.8 Å². The summed E-state index contributed by atoms with van der Waals surface area (Å²) in [6, 6.07) is 1.50. The topological polar surface area (TPSA) is 106 Å². The number of aromatic nitrogens is 1. The summed E-state index contributed by atoms with van der Waals surface area (Å²) in [7, 11) is -3.62. The van der Waals surface area contributed by atoms with Gasteiger partial charge in [0, 0.05) is 25.5 Å². The van der Waals surface area contributed by atoms with Gasteiger partial charge in [-0.2, -0.15) is 0 Å². The molecular formula is C11H18N4O3S. The highest BCUT2D eigenvalue weighted by molar-refractivity contribution is 7.89. The molecule has 19 heavy (non-hydrogen) atoms. The molecule has 0 bridgehead atoms. The lowest BCUT2D eigenvalue weighted by Gasteiger charge is -2.10. The summed E-state index contributed by atoms with van der Waals surface area (Å²) in [6.07, 6.45) is 5.15. The summed E-state index contributed by atoms with van der Waals surface area (Å²) in [4.78, 5) is 3.82. The molecular weight excluding hydrogens is 268 g/mol. The van der Waals surface area contributed by atoms with Crippen LogP contribution in [0.3, 0.4) is 0 Å². The largest absolute Gasteiger partial charge is 0.380 e. The highest BCUT2D eigenvalue weighted by Gasteiger charge is 2.21. The molecule has 0 aromatic carbocycles. The lowest BCUT2D eigenvalue weighted by Crippen LogP contribution is -2.29. The molecule has 1 aliphatic carbocycles. The third-order valence-corrected chi connectivity index (χ3v) is 4.31. The SMILES string of the molecule is NNc1ccncc1S(=O)(=O)NCCOCC1CC1. The van der Waals surface area contributed by atoms with Crippen LogP contribution in [0.1, 0.15) is 12.8 Å². The second kappa shape index (κ2) is 6.29. The summed E-state index contributed by atoms with van der Waals surface area (Å²) in [5, 5.41) is 0. The fourth-order valence-electron chi connectivity index (χ4n) is 1.57. The first kappa shape index (κ1) is 14.2. The van der Waals surface area contributed by atoms with Crippen LogP contribution in [0.4, 0.5) is 5.69 Å². The Hall–Kier alpha value is -1.22. The Morgan fingerprint density at radius 2 is 2.26 bits per heavy atom. The average molecular weight is 286 g/mol. The fourth-order valence-corrected chi connectivity index (χ4v) is 2.70. The molecule has 0 amide bonds. The number of pyridine rings is 1. The van der Waals surface area contributed by atoms with Crippen molar-refractivity contribution in [3.8, 4) is 0 Å². The van der Waals surface area contributed by atoms with Crippen molar-refractivity contribution in [2.45, 2.75) is 17.7 Å². The monoisotopic (exact) mass is 286 g/mol. The number of nitrogens with two attached hydrogens (primary N) is 1. The van der Waals surface area contributed by atoms with Gasteiger partial charge in [0.15, 0.2) is 0 Å². The van der Waals surface area contributed by atoms with Crippen molar-refractivity contribution in [1.29, 1.82) is 0 Å².